The molecule has 3 aromatic rings. The molecule has 0 heterocycles. The highest BCUT2D eigenvalue weighted by Crippen LogP contribution is 2.23. The molecule has 0 saturated heterocycles. The van der Waals surface area contributed by atoms with Crippen LogP contribution in [-0.2, 0) is 14.3 Å². The molecule has 31 heavy (non-hydrogen) atoms. The van der Waals surface area contributed by atoms with Crippen LogP contribution in [-0.4, -0.2) is 17.8 Å². The van der Waals surface area contributed by atoms with Gasteiger partial charge in [-0.2, -0.15) is 0 Å². The lowest BCUT2D eigenvalue weighted by Crippen LogP contribution is -2.26. The largest absolute Gasteiger partial charge is 0.444 e. The number of carbonyl (C=O) groups excluding carboxylic acids is 3. The van der Waals surface area contributed by atoms with Gasteiger partial charge < -0.3 is 15.4 Å². The number of esters is 1. The zero-order chi connectivity index (χ0) is 22.4. The minimum Gasteiger partial charge on any atom is -0.444 e. The molecule has 0 radical (unpaired) electrons. The van der Waals surface area contributed by atoms with E-state index in [1.54, 1.807) is 36.4 Å². The highest BCUT2D eigenvalue weighted by Gasteiger charge is 2.26. The van der Waals surface area contributed by atoms with Crippen LogP contribution in [0.1, 0.15) is 40.1 Å². The summed E-state index contributed by atoms with van der Waals surface area (Å²) in [5.74, 6) is -1.29. The number of aryl methyl sites for hydroxylation is 2. The first-order valence-corrected chi connectivity index (χ1v) is 9.84. The maximum atomic E-state index is 13.0. The van der Waals surface area contributed by atoms with Crippen LogP contribution in [0.4, 0.5) is 11.4 Å². The first-order valence-electron chi connectivity index (χ1n) is 9.84. The maximum absolute atomic E-state index is 13.0. The van der Waals surface area contributed by atoms with E-state index in [1.165, 1.54) is 19.1 Å². The summed E-state index contributed by atoms with van der Waals surface area (Å²) in [5.41, 5.74) is 4.07. The Bertz CT molecular complexity index is 1070. The molecule has 3 rings (SSSR count). The summed E-state index contributed by atoms with van der Waals surface area (Å²) >= 11 is 0. The second-order valence-electron chi connectivity index (χ2n) is 7.32. The normalized spacial score (nSPS) is 11.3. The van der Waals surface area contributed by atoms with Gasteiger partial charge >= 0.3 is 5.97 Å². The molecule has 3 aromatic carbocycles. The molecule has 0 unspecified atom stereocenters. The fourth-order valence-electron chi connectivity index (χ4n) is 3.22. The third-order valence-electron chi connectivity index (χ3n) is 4.50. The number of ether oxygens (including phenoxy) is 1. The van der Waals surface area contributed by atoms with Gasteiger partial charge in [-0.3, -0.25) is 9.59 Å². The molecule has 0 saturated carbocycles. The fourth-order valence-corrected chi connectivity index (χ4v) is 3.22. The quantitative estimate of drug-likeness (QED) is 0.566. The lowest BCUT2D eigenvalue weighted by atomic mass is 10.1. The Morgan fingerprint density at radius 2 is 1.39 bits per heavy atom. The van der Waals surface area contributed by atoms with Crippen molar-refractivity contribution in [2.75, 3.05) is 10.6 Å². The number of nitrogens with one attached hydrogen (secondary N) is 2. The highest BCUT2D eigenvalue weighted by atomic mass is 16.5. The van der Waals surface area contributed by atoms with Gasteiger partial charge in [-0.25, -0.2) is 4.79 Å². The topological polar surface area (TPSA) is 84.5 Å². The Morgan fingerprint density at radius 1 is 0.774 bits per heavy atom. The first kappa shape index (κ1) is 21.8. The predicted octanol–water partition coefficient (Wildman–Crippen LogP) is 4.80. The fraction of sp³-hybridized carbons (Fsp3) is 0.160. The number of amides is 2. The number of hydrogen-bond donors (Lipinski definition) is 2. The molecule has 0 aliphatic carbocycles. The van der Waals surface area contributed by atoms with E-state index in [2.05, 4.69) is 10.6 Å². The summed E-state index contributed by atoms with van der Waals surface area (Å²) in [6.07, 6.45) is -1.12. The van der Waals surface area contributed by atoms with Gasteiger partial charge in [0.2, 0.25) is 12.0 Å². The van der Waals surface area contributed by atoms with Gasteiger partial charge in [-0.15, -0.1) is 0 Å². The summed E-state index contributed by atoms with van der Waals surface area (Å²) in [7, 11) is 0. The second kappa shape index (κ2) is 9.71. The molecule has 0 fully saturated rings. The summed E-state index contributed by atoms with van der Waals surface area (Å²) in [5, 5.41) is 5.48. The Hall–Kier alpha value is -3.93. The van der Waals surface area contributed by atoms with E-state index in [1.807, 2.05) is 38.1 Å². The third kappa shape index (κ3) is 6.02. The van der Waals surface area contributed by atoms with Crippen LogP contribution >= 0.6 is 0 Å². The van der Waals surface area contributed by atoms with Crippen molar-refractivity contribution in [3.05, 3.63) is 95.1 Å². The van der Waals surface area contributed by atoms with Crippen LogP contribution in [0.2, 0.25) is 0 Å². The molecule has 1 atom stereocenters. The number of hydrogen-bond acceptors (Lipinski definition) is 4. The van der Waals surface area contributed by atoms with Crippen LogP contribution in [0.25, 0.3) is 0 Å². The summed E-state index contributed by atoms with van der Waals surface area (Å²) in [4.78, 5) is 36.9. The van der Waals surface area contributed by atoms with E-state index in [-0.39, 0.29) is 11.5 Å². The zero-order valence-electron chi connectivity index (χ0n) is 17.6. The third-order valence-corrected chi connectivity index (χ3v) is 4.50. The van der Waals surface area contributed by atoms with Crippen molar-refractivity contribution in [1.82, 2.24) is 0 Å². The monoisotopic (exact) mass is 416 g/mol. The average Bonchev–Trinajstić information content (AvgIpc) is 2.71. The molecule has 6 heteroatoms. The Morgan fingerprint density at radius 3 is 1.97 bits per heavy atom. The van der Waals surface area contributed by atoms with E-state index >= 15 is 0 Å². The van der Waals surface area contributed by atoms with Gasteiger partial charge in [0, 0.05) is 23.9 Å². The number of anilines is 2. The standard InChI is InChI=1S/C25H24N2O4/c1-16-13-17(2)15-22(14-16)27-24(29)23(19-7-5-4-6-8-19)31-25(30)20-9-11-21(12-10-20)26-18(3)28/h4-15,23H,1-3H3,(H,26,28)(H,27,29)/t23-/m1/s1. The van der Waals surface area contributed by atoms with Crippen LogP contribution in [0.3, 0.4) is 0 Å². The van der Waals surface area contributed by atoms with Crippen LogP contribution in [0, 0.1) is 13.8 Å². The second-order valence-corrected chi connectivity index (χ2v) is 7.32. The minimum absolute atomic E-state index is 0.206. The summed E-state index contributed by atoms with van der Waals surface area (Å²) < 4.78 is 5.60. The molecule has 6 nitrogen and oxygen atoms in total. The van der Waals surface area contributed by atoms with E-state index in [9.17, 15) is 14.4 Å². The van der Waals surface area contributed by atoms with Crippen molar-refractivity contribution < 1.29 is 19.1 Å². The van der Waals surface area contributed by atoms with Crippen LogP contribution in [0.15, 0.2) is 72.8 Å². The van der Waals surface area contributed by atoms with E-state index in [4.69, 9.17) is 4.74 Å². The smallest absolute Gasteiger partial charge is 0.339 e. The molecule has 0 bridgehead atoms. The highest BCUT2D eigenvalue weighted by molar-refractivity contribution is 5.98. The summed E-state index contributed by atoms with van der Waals surface area (Å²) in [6, 6.07) is 20.9. The van der Waals surface area contributed by atoms with Gasteiger partial charge in [0.1, 0.15) is 0 Å². The van der Waals surface area contributed by atoms with Crippen molar-refractivity contribution in [3.8, 4) is 0 Å². The van der Waals surface area contributed by atoms with Gasteiger partial charge in [-0.05, 0) is 61.4 Å². The lowest BCUT2D eigenvalue weighted by Gasteiger charge is -2.18. The van der Waals surface area contributed by atoms with Crippen molar-refractivity contribution in [1.29, 1.82) is 0 Å². The SMILES string of the molecule is CC(=O)Nc1ccc(C(=O)O[C@@H](C(=O)Nc2cc(C)cc(C)c2)c2ccccc2)cc1. The van der Waals surface area contributed by atoms with E-state index in [0.29, 0.717) is 16.9 Å². The molecular formula is C25H24N2O4. The van der Waals surface area contributed by atoms with E-state index < -0.39 is 18.0 Å². The number of benzene rings is 3. The molecule has 0 spiro atoms. The van der Waals surface area contributed by atoms with Gasteiger partial charge in [0.15, 0.2) is 0 Å². The Balaban J connectivity index is 1.81. The van der Waals surface area contributed by atoms with Gasteiger partial charge in [0.05, 0.1) is 5.56 Å². The maximum Gasteiger partial charge on any atom is 0.339 e. The molecule has 0 aliphatic heterocycles. The van der Waals surface area contributed by atoms with Gasteiger partial charge in [0.25, 0.3) is 5.91 Å². The van der Waals surface area contributed by atoms with Crippen molar-refractivity contribution in [2.24, 2.45) is 0 Å². The van der Waals surface area contributed by atoms with E-state index in [0.717, 1.165) is 11.1 Å². The Labute approximate surface area is 181 Å². The predicted molar refractivity (Wildman–Crippen MR) is 120 cm³/mol. The van der Waals surface area contributed by atoms with Crippen molar-refractivity contribution in [2.45, 2.75) is 26.9 Å². The first-order chi connectivity index (χ1) is 14.8. The number of rotatable bonds is 6. The van der Waals surface area contributed by atoms with Gasteiger partial charge in [-0.1, -0.05) is 36.4 Å². The average molecular weight is 416 g/mol. The minimum atomic E-state index is -1.12. The summed E-state index contributed by atoms with van der Waals surface area (Å²) in [6.45, 7) is 5.30. The molecule has 2 N–H and O–H groups in total. The lowest BCUT2D eigenvalue weighted by molar-refractivity contribution is -0.125. The molecular weight excluding hydrogens is 392 g/mol. The zero-order valence-corrected chi connectivity index (χ0v) is 17.6. The Kier molecular flexibility index (Phi) is 6.82. The van der Waals surface area contributed by atoms with Crippen molar-refractivity contribution >= 4 is 29.2 Å². The number of carbonyl (C=O) groups is 3. The molecule has 2 amide bonds. The van der Waals surface area contributed by atoms with Crippen LogP contribution < -0.4 is 10.6 Å². The molecule has 0 aromatic heterocycles. The van der Waals surface area contributed by atoms with Crippen LogP contribution in [0.5, 0.6) is 0 Å². The van der Waals surface area contributed by atoms with Crippen molar-refractivity contribution in [3.63, 3.8) is 0 Å². The molecule has 0 aliphatic rings. The molecule has 158 valence electrons.